The van der Waals surface area contributed by atoms with E-state index in [2.05, 4.69) is 0 Å². The normalized spacial score (nSPS) is 13.4. The molecule has 13 aromatic rings. The standard InChI is InChI=1S/C77H33F30N3/c78-68(79,80)41-7-13-46(57(29-41)73(93,94)95)36-3-19-63-53(24-36)54-25-37(47-14-8-42(69(81,82)83)30-58(47)74(96,97)98)4-20-64(54)109(63)62-18-1-35(34-108)23-52(62)51-12-2-40(50-17-11-45(72(90,91)92)33-61(50)77(105,106)107)28-67(51)110-65-21-5-38(48-15-9-43(70(84,85)86)31-59(48)75(99,100)101)26-55(65)56-27-39(6-22-66(56)110)49-16-10-44(71(87,88)89)32-60(49)76(102,103)104/h1-33H. The summed E-state index contributed by atoms with van der Waals surface area (Å²) in [6.45, 7) is 0. The van der Waals surface area contributed by atoms with Crippen LogP contribution < -0.4 is 0 Å². The molecule has 13 rings (SSSR count). The van der Waals surface area contributed by atoms with Gasteiger partial charge in [0, 0.05) is 32.7 Å². The quantitative estimate of drug-likeness (QED) is 0.140. The third kappa shape index (κ3) is 14.1. The lowest BCUT2D eigenvalue weighted by Crippen LogP contribution is -2.12. The van der Waals surface area contributed by atoms with Crippen LogP contribution in [0.25, 0.3) is 122 Å². The van der Waals surface area contributed by atoms with E-state index in [9.17, 15) is 97.5 Å². The number of nitriles is 1. The van der Waals surface area contributed by atoms with Crippen LogP contribution in [-0.2, 0) is 61.8 Å². The molecule has 0 unspecified atom stereocenters. The lowest BCUT2D eigenvalue weighted by molar-refractivity contribution is -0.144. The highest BCUT2D eigenvalue weighted by Crippen LogP contribution is 2.52. The Morgan fingerprint density at radius 1 is 0.200 bits per heavy atom. The van der Waals surface area contributed by atoms with E-state index in [0.717, 1.165) is 114 Å². The summed E-state index contributed by atoms with van der Waals surface area (Å²) in [5.74, 6) is 0. The van der Waals surface area contributed by atoms with Gasteiger partial charge in [-0.3, -0.25) is 0 Å². The molecule has 0 N–H and O–H groups in total. The first-order chi connectivity index (χ1) is 50.8. The highest BCUT2D eigenvalue weighted by Gasteiger charge is 2.45. The first kappa shape index (κ1) is 76.6. The third-order valence-electron chi connectivity index (χ3n) is 18.2. The van der Waals surface area contributed by atoms with Gasteiger partial charge < -0.3 is 9.13 Å². The summed E-state index contributed by atoms with van der Waals surface area (Å²) in [6, 6.07) is 21.2. The molecule has 0 spiro atoms. The molecule has 0 aliphatic rings. The van der Waals surface area contributed by atoms with Crippen LogP contribution >= 0.6 is 0 Å². The molecule has 0 bridgehead atoms. The minimum absolute atomic E-state index is 0.224. The van der Waals surface area contributed by atoms with Crippen LogP contribution in [-0.4, -0.2) is 9.13 Å². The summed E-state index contributed by atoms with van der Waals surface area (Å²) in [7, 11) is 0. The number of hydrogen-bond donors (Lipinski definition) is 0. The molecule has 0 aliphatic heterocycles. The van der Waals surface area contributed by atoms with Crippen molar-refractivity contribution in [3.05, 3.63) is 261 Å². The van der Waals surface area contributed by atoms with Gasteiger partial charge in [0.25, 0.3) is 0 Å². The van der Waals surface area contributed by atoms with Gasteiger partial charge >= 0.3 is 61.8 Å². The molecule has 566 valence electrons. The smallest absolute Gasteiger partial charge is 0.309 e. The van der Waals surface area contributed by atoms with Crippen molar-refractivity contribution in [3.63, 3.8) is 0 Å². The average Bonchev–Trinajstić information content (AvgIpc) is 1.55. The first-order valence-electron chi connectivity index (χ1n) is 31.1. The molecule has 0 saturated heterocycles. The summed E-state index contributed by atoms with van der Waals surface area (Å²) in [4.78, 5) is 0. The van der Waals surface area contributed by atoms with Crippen LogP contribution in [0.3, 0.4) is 0 Å². The molecule has 2 heterocycles. The van der Waals surface area contributed by atoms with Crippen molar-refractivity contribution in [3.8, 4) is 84.2 Å². The molecule has 0 saturated carbocycles. The Morgan fingerprint density at radius 3 is 0.664 bits per heavy atom. The lowest BCUT2D eigenvalue weighted by atomic mass is 9.92. The number of aromatic nitrogens is 2. The third-order valence-corrected chi connectivity index (χ3v) is 18.2. The van der Waals surface area contributed by atoms with Crippen molar-refractivity contribution in [2.75, 3.05) is 0 Å². The SMILES string of the molecule is N#Cc1ccc(-n2c3ccc(-c4ccc(C(F)(F)F)cc4C(F)(F)F)cc3c3cc(-c4ccc(C(F)(F)F)cc4C(F)(F)F)ccc32)c(-c2ccc(-c3ccc(C(F)(F)F)cc3C(F)(F)F)cc2-n2c3ccc(-c4ccc(C(F)(F)F)cc4C(F)(F)F)cc3c3cc(-c4ccc(C(F)(F)F)cc4C(F)(F)F)ccc32)c1. The largest absolute Gasteiger partial charge is 0.417 e. The van der Waals surface area contributed by atoms with Gasteiger partial charge in [-0.2, -0.15) is 137 Å². The fourth-order valence-electron chi connectivity index (χ4n) is 13.4. The molecule has 0 amide bonds. The zero-order valence-corrected chi connectivity index (χ0v) is 53.7. The fourth-order valence-corrected chi connectivity index (χ4v) is 13.4. The van der Waals surface area contributed by atoms with E-state index in [-0.39, 0.29) is 116 Å². The Bertz CT molecular complexity index is 5680. The van der Waals surface area contributed by atoms with Crippen molar-refractivity contribution in [2.24, 2.45) is 0 Å². The zero-order chi connectivity index (χ0) is 80.2. The predicted octanol–water partition coefficient (Wildman–Crippen LogP) is 27.9. The molecule has 0 radical (unpaired) electrons. The van der Waals surface area contributed by atoms with Gasteiger partial charge in [-0.15, -0.1) is 0 Å². The van der Waals surface area contributed by atoms with Gasteiger partial charge in [-0.1, -0.05) is 66.7 Å². The summed E-state index contributed by atoms with van der Waals surface area (Å²) < 4.78 is 440. The van der Waals surface area contributed by atoms with Crippen LogP contribution in [0.15, 0.2) is 200 Å². The molecule has 110 heavy (non-hydrogen) atoms. The molecular formula is C77H33F30N3. The molecule has 3 nitrogen and oxygen atoms in total. The van der Waals surface area contributed by atoms with Crippen LogP contribution in [0.2, 0.25) is 0 Å². The van der Waals surface area contributed by atoms with Crippen LogP contribution in [0.1, 0.15) is 61.2 Å². The molecule has 2 aromatic heterocycles. The summed E-state index contributed by atoms with van der Waals surface area (Å²) >= 11 is 0. The summed E-state index contributed by atoms with van der Waals surface area (Å²) in [5, 5.41) is 9.15. The van der Waals surface area contributed by atoms with Crippen molar-refractivity contribution < 1.29 is 132 Å². The molecule has 0 aliphatic carbocycles. The van der Waals surface area contributed by atoms with Crippen molar-refractivity contribution in [2.45, 2.75) is 61.8 Å². The second-order valence-corrected chi connectivity index (χ2v) is 25.0. The molecular weight excluding hydrogens is 1540 g/mol. The van der Waals surface area contributed by atoms with Gasteiger partial charge in [0.2, 0.25) is 0 Å². The van der Waals surface area contributed by atoms with Crippen molar-refractivity contribution >= 4 is 43.6 Å². The van der Waals surface area contributed by atoms with E-state index in [1.165, 1.54) is 4.57 Å². The van der Waals surface area contributed by atoms with Gasteiger partial charge in [0.15, 0.2) is 0 Å². The number of nitrogens with zero attached hydrogens (tertiary/aromatic N) is 3. The number of alkyl halides is 30. The van der Waals surface area contributed by atoms with E-state index in [4.69, 9.17) is 0 Å². The second kappa shape index (κ2) is 25.8. The van der Waals surface area contributed by atoms with Gasteiger partial charge in [0.1, 0.15) is 0 Å². The highest BCUT2D eigenvalue weighted by atomic mass is 19.4. The van der Waals surface area contributed by atoms with E-state index < -0.39 is 189 Å². The monoisotopic (exact) mass is 1570 g/mol. The topological polar surface area (TPSA) is 33.6 Å². The van der Waals surface area contributed by atoms with Gasteiger partial charge in [0.05, 0.1) is 101 Å². The Balaban J connectivity index is 1.17. The lowest BCUT2D eigenvalue weighted by Gasteiger charge is -2.21. The van der Waals surface area contributed by atoms with Crippen LogP contribution in [0.5, 0.6) is 0 Å². The number of hydrogen-bond acceptors (Lipinski definition) is 1. The number of rotatable bonds is 8. The number of benzene rings is 11. The van der Waals surface area contributed by atoms with Gasteiger partial charge in [-0.25, -0.2) is 0 Å². The van der Waals surface area contributed by atoms with Crippen LogP contribution in [0, 0.1) is 11.3 Å². The Labute approximate surface area is 595 Å². The van der Waals surface area contributed by atoms with Gasteiger partial charge in [-0.05, 0) is 189 Å². The first-order valence-corrected chi connectivity index (χ1v) is 31.1. The molecule has 11 aromatic carbocycles. The fraction of sp³-hybridized carbons (Fsp3) is 0.130. The Morgan fingerprint density at radius 2 is 0.427 bits per heavy atom. The van der Waals surface area contributed by atoms with E-state index in [1.807, 2.05) is 6.07 Å². The minimum Gasteiger partial charge on any atom is -0.309 e. The summed E-state index contributed by atoms with van der Waals surface area (Å²) in [5.41, 5.74) is -29.8. The second-order valence-electron chi connectivity index (χ2n) is 25.0. The molecule has 0 fully saturated rings. The maximum Gasteiger partial charge on any atom is 0.417 e. The van der Waals surface area contributed by atoms with Crippen LogP contribution in [0.4, 0.5) is 132 Å². The summed E-state index contributed by atoms with van der Waals surface area (Å²) in [6.07, 6.45) is -55.0. The predicted molar refractivity (Wildman–Crippen MR) is 342 cm³/mol. The number of fused-ring (bicyclic) bond motifs is 6. The van der Waals surface area contributed by atoms with E-state index in [1.54, 1.807) is 0 Å². The number of halogens is 30. The zero-order valence-electron chi connectivity index (χ0n) is 53.7. The van der Waals surface area contributed by atoms with E-state index in [0.29, 0.717) is 30.3 Å². The Kier molecular flexibility index (Phi) is 18.0. The molecule has 0 atom stereocenters. The molecule has 33 heteroatoms. The van der Waals surface area contributed by atoms with Crippen molar-refractivity contribution in [1.82, 2.24) is 9.13 Å². The highest BCUT2D eigenvalue weighted by molar-refractivity contribution is 6.14. The Hall–Kier alpha value is -11.6. The maximum atomic E-state index is 15.4. The van der Waals surface area contributed by atoms with Crippen molar-refractivity contribution in [1.29, 1.82) is 5.26 Å². The van der Waals surface area contributed by atoms with E-state index >= 15 is 39.5 Å². The average molecular weight is 1570 g/mol. The maximum absolute atomic E-state index is 15.4. The minimum atomic E-state index is -5.68.